The third-order valence-electron chi connectivity index (χ3n) is 4.35. The first-order chi connectivity index (χ1) is 7.29. The zero-order chi connectivity index (χ0) is 10.7. The van der Waals surface area contributed by atoms with Crippen molar-refractivity contribution >= 4 is 0 Å². The van der Waals surface area contributed by atoms with Crippen LogP contribution in [-0.4, -0.2) is 36.6 Å². The first-order valence-corrected chi connectivity index (χ1v) is 6.78. The topological polar surface area (TPSA) is 15.3 Å². The van der Waals surface area contributed by atoms with Crippen LogP contribution in [0.1, 0.15) is 46.0 Å². The van der Waals surface area contributed by atoms with Crippen molar-refractivity contribution < 1.29 is 0 Å². The van der Waals surface area contributed by atoms with Crippen LogP contribution in [0.4, 0.5) is 0 Å². The van der Waals surface area contributed by atoms with E-state index >= 15 is 0 Å². The first-order valence-electron chi connectivity index (χ1n) is 6.78. The van der Waals surface area contributed by atoms with Gasteiger partial charge in [0, 0.05) is 12.1 Å². The third-order valence-corrected chi connectivity index (χ3v) is 4.35. The summed E-state index contributed by atoms with van der Waals surface area (Å²) >= 11 is 0. The van der Waals surface area contributed by atoms with Crippen LogP contribution in [-0.2, 0) is 0 Å². The molecule has 2 atom stereocenters. The number of likely N-dealkylation sites (tertiary alicyclic amines) is 1. The van der Waals surface area contributed by atoms with Crippen molar-refractivity contribution in [1.29, 1.82) is 0 Å². The minimum atomic E-state index is 0.804. The molecule has 1 heterocycles. The molecule has 2 rings (SSSR count). The molecule has 15 heavy (non-hydrogen) atoms. The Hall–Kier alpha value is -0.0800. The van der Waals surface area contributed by atoms with Gasteiger partial charge < -0.3 is 10.2 Å². The molecular formula is C13H26N2. The van der Waals surface area contributed by atoms with Gasteiger partial charge in [-0.1, -0.05) is 20.3 Å². The Balaban J connectivity index is 1.72. The zero-order valence-corrected chi connectivity index (χ0v) is 10.3. The molecule has 88 valence electrons. The quantitative estimate of drug-likeness (QED) is 0.768. The van der Waals surface area contributed by atoms with E-state index in [-0.39, 0.29) is 0 Å². The highest BCUT2D eigenvalue weighted by Crippen LogP contribution is 2.26. The molecule has 0 aromatic carbocycles. The van der Waals surface area contributed by atoms with Gasteiger partial charge in [0.25, 0.3) is 0 Å². The maximum atomic E-state index is 3.89. The van der Waals surface area contributed by atoms with E-state index in [1.165, 1.54) is 51.7 Å². The SMILES string of the molecule is CCN1CCC(NC2CCCC2C)CC1. The molecule has 2 nitrogen and oxygen atoms in total. The molecule has 1 aliphatic carbocycles. The van der Waals surface area contributed by atoms with Gasteiger partial charge in [-0.2, -0.15) is 0 Å². The fraction of sp³-hybridized carbons (Fsp3) is 1.00. The Morgan fingerprint density at radius 3 is 2.40 bits per heavy atom. The lowest BCUT2D eigenvalue weighted by molar-refractivity contribution is 0.193. The predicted molar refractivity (Wildman–Crippen MR) is 65.1 cm³/mol. The van der Waals surface area contributed by atoms with Crippen molar-refractivity contribution in [2.24, 2.45) is 5.92 Å². The van der Waals surface area contributed by atoms with Crippen molar-refractivity contribution in [1.82, 2.24) is 10.2 Å². The van der Waals surface area contributed by atoms with Gasteiger partial charge in [-0.15, -0.1) is 0 Å². The van der Waals surface area contributed by atoms with Gasteiger partial charge in [0.1, 0.15) is 0 Å². The normalized spacial score (nSPS) is 34.8. The maximum Gasteiger partial charge on any atom is 0.00953 e. The fourth-order valence-electron chi connectivity index (χ4n) is 3.11. The van der Waals surface area contributed by atoms with Crippen LogP contribution in [0.25, 0.3) is 0 Å². The second kappa shape index (κ2) is 5.31. The number of rotatable bonds is 3. The van der Waals surface area contributed by atoms with Gasteiger partial charge in [-0.25, -0.2) is 0 Å². The van der Waals surface area contributed by atoms with Crippen molar-refractivity contribution in [2.75, 3.05) is 19.6 Å². The molecule has 1 saturated carbocycles. The van der Waals surface area contributed by atoms with Crippen molar-refractivity contribution in [3.8, 4) is 0 Å². The van der Waals surface area contributed by atoms with Crippen molar-refractivity contribution in [3.05, 3.63) is 0 Å². The van der Waals surface area contributed by atoms with Crippen LogP contribution in [0.15, 0.2) is 0 Å². The molecule has 1 N–H and O–H groups in total. The highest BCUT2D eigenvalue weighted by Gasteiger charge is 2.27. The van der Waals surface area contributed by atoms with E-state index in [0.29, 0.717) is 0 Å². The van der Waals surface area contributed by atoms with E-state index in [1.807, 2.05) is 0 Å². The summed E-state index contributed by atoms with van der Waals surface area (Å²) in [7, 11) is 0. The fourth-order valence-corrected chi connectivity index (χ4v) is 3.11. The van der Waals surface area contributed by atoms with Gasteiger partial charge in [-0.05, 0) is 51.2 Å². The summed E-state index contributed by atoms with van der Waals surface area (Å²) in [5.74, 6) is 0.911. The smallest absolute Gasteiger partial charge is 0.00953 e. The Bertz CT molecular complexity index is 185. The molecule has 0 spiro atoms. The van der Waals surface area contributed by atoms with E-state index in [9.17, 15) is 0 Å². The summed E-state index contributed by atoms with van der Waals surface area (Å²) in [5.41, 5.74) is 0. The van der Waals surface area contributed by atoms with Gasteiger partial charge in [-0.3, -0.25) is 0 Å². The molecule has 0 aromatic heterocycles. The molecule has 0 radical (unpaired) electrons. The molecule has 0 bridgehead atoms. The van der Waals surface area contributed by atoms with Crippen molar-refractivity contribution in [3.63, 3.8) is 0 Å². The zero-order valence-electron chi connectivity index (χ0n) is 10.3. The largest absolute Gasteiger partial charge is 0.311 e. The molecular weight excluding hydrogens is 184 g/mol. The van der Waals surface area contributed by atoms with Crippen LogP contribution < -0.4 is 5.32 Å². The Morgan fingerprint density at radius 1 is 1.13 bits per heavy atom. The standard InChI is InChI=1S/C13H26N2/c1-3-15-9-7-12(8-10-15)14-13-6-4-5-11(13)2/h11-14H,3-10H2,1-2H3. The summed E-state index contributed by atoms with van der Waals surface area (Å²) in [6.07, 6.45) is 7.00. The highest BCUT2D eigenvalue weighted by atomic mass is 15.1. The summed E-state index contributed by atoms with van der Waals surface area (Å²) in [5, 5.41) is 3.89. The average Bonchev–Trinajstić information content (AvgIpc) is 2.66. The van der Waals surface area contributed by atoms with Crippen LogP contribution in [0.5, 0.6) is 0 Å². The molecule has 2 unspecified atom stereocenters. The van der Waals surface area contributed by atoms with Crippen LogP contribution >= 0.6 is 0 Å². The highest BCUT2D eigenvalue weighted by molar-refractivity contribution is 4.85. The number of hydrogen-bond acceptors (Lipinski definition) is 2. The Labute approximate surface area is 94.4 Å². The molecule has 0 aromatic rings. The molecule has 2 fully saturated rings. The lowest BCUT2D eigenvalue weighted by Gasteiger charge is -2.34. The minimum Gasteiger partial charge on any atom is -0.311 e. The van der Waals surface area contributed by atoms with E-state index < -0.39 is 0 Å². The molecule has 0 amide bonds. The summed E-state index contributed by atoms with van der Waals surface area (Å²) in [6, 6.07) is 1.63. The lowest BCUT2D eigenvalue weighted by atomic mass is 10.0. The van der Waals surface area contributed by atoms with Gasteiger partial charge in [0.05, 0.1) is 0 Å². The van der Waals surface area contributed by atoms with E-state index in [4.69, 9.17) is 0 Å². The molecule has 1 saturated heterocycles. The first kappa shape index (κ1) is 11.4. The van der Waals surface area contributed by atoms with E-state index in [2.05, 4.69) is 24.1 Å². The third kappa shape index (κ3) is 2.94. The molecule has 1 aliphatic heterocycles. The van der Waals surface area contributed by atoms with E-state index in [1.54, 1.807) is 0 Å². The Morgan fingerprint density at radius 2 is 1.87 bits per heavy atom. The molecule has 2 aliphatic rings. The van der Waals surface area contributed by atoms with E-state index in [0.717, 1.165) is 18.0 Å². The van der Waals surface area contributed by atoms with Crippen LogP contribution in [0, 0.1) is 5.92 Å². The number of piperidine rings is 1. The molecule has 2 heteroatoms. The van der Waals surface area contributed by atoms with Gasteiger partial charge in [0.2, 0.25) is 0 Å². The number of nitrogens with one attached hydrogen (secondary N) is 1. The minimum absolute atomic E-state index is 0.804. The summed E-state index contributed by atoms with van der Waals surface area (Å²) in [6.45, 7) is 8.51. The second-order valence-corrected chi connectivity index (χ2v) is 5.39. The van der Waals surface area contributed by atoms with Crippen LogP contribution in [0.2, 0.25) is 0 Å². The van der Waals surface area contributed by atoms with Crippen molar-refractivity contribution in [2.45, 2.75) is 58.0 Å². The van der Waals surface area contributed by atoms with Gasteiger partial charge >= 0.3 is 0 Å². The summed E-state index contributed by atoms with van der Waals surface area (Å²) in [4.78, 5) is 2.57. The monoisotopic (exact) mass is 210 g/mol. The number of nitrogens with zero attached hydrogens (tertiary/aromatic N) is 1. The maximum absolute atomic E-state index is 3.89. The van der Waals surface area contributed by atoms with Gasteiger partial charge in [0.15, 0.2) is 0 Å². The second-order valence-electron chi connectivity index (χ2n) is 5.39. The number of hydrogen-bond donors (Lipinski definition) is 1. The predicted octanol–water partition coefficient (Wildman–Crippen LogP) is 2.25. The average molecular weight is 210 g/mol. The van der Waals surface area contributed by atoms with Crippen LogP contribution in [0.3, 0.4) is 0 Å². The lowest BCUT2D eigenvalue weighted by Crippen LogP contribution is -2.46. The summed E-state index contributed by atoms with van der Waals surface area (Å²) < 4.78 is 0. The Kier molecular flexibility index (Phi) is 4.04.